The van der Waals surface area contributed by atoms with E-state index in [1.807, 2.05) is 54.6 Å². The molecule has 0 unspecified atom stereocenters. The summed E-state index contributed by atoms with van der Waals surface area (Å²) in [5, 5.41) is 0. The van der Waals surface area contributed by atoms with Gasteiger partial charge in [-0.1, -0.05) is 30.3 Å². The zero-order chi connectivity index (χ0) is 12.3. The molecule has 4 heteroatoms. The Balaban J connectivity index is 2.51. The van der Waals surface area contributed by atoms with Crippen LogP contribution in [0.4, 0.5) is 16.2 Å². The number of carbonyl (C=O) groups is 1. The summed E-state index contributed by atoms with van der Waals surface area (Å²) in [4.78, 5) is 13.0. The van der Waals surface area contributed by atoms with Crippen LogP contribution in [-0.4, -0.2) is 6.03 Å². The lowest BCUT2D eigenvalue weighted by Crippen LogP contribution is -2.31. The molecule has 0 aromatic heterocycles. The molecule has 17 heavy (non-hydrogen) atoms. The predicted octanol–water partition coefficient (Wildman–Crippen LogP) is 3.67. The highest BCUT2D eigenvalue weighted by atomic mass is 79.9. The number of hydrogen-bond acceptors (Lipinski definition) is 1. The van der Waals surface area contributed by atoms with Gasteiger partial charge in [0.2, 0.25) is 0 Å². The Hall–Kier alpha value is -1.81. The van der Waals surface area contributed by atoms with Crippen molar-refractivity contribution < 1.29 is 4.79 Å². The third-order valence-corrected chi connectivity index (χ3v) is 3.00. The molecule has 0 spiro atoms. The minimum Gasteiger partial charge on any atom is -0.351 e. The van der Waals surface area contributed by atoms with Crippen LogP contribution in [0.5, 0.6) is 0 Å². The third kappa shape index (κ3) is 2.47. The third-order valence-electron chi connectivity index (χ3n) is 2.33. The van der Waals surface area contributed by atoms with Crippen molar-refractivity contribution >= 4 is 33.3 Å². The van der Waals surface area contributed by atoms with Crippen molar-refractivity contribution in [3.63, 3.8) is 0 Å². The van der Waals surface area contributed by atoms with Crippen molar-refractivity contribution in [3.8, 4) is 0 Å². The average Bonchev–Trinajstić information content (AvgIpc) is 2.33. The molecule has 0 saturated heterocycles. The second kappa shape index (κ2) is 5.01. The number of primary amides is 1. The van der Waals surface area contributed by atoms with Gasteiger partial charge in [0.25, 0.3) is 0 Å². The van der Waals surface area contributed by atoms with Crippen molar-refractivity contribution in [2.45, 2.75) is 0 Å². The molecule has 2 aromatic carbocycles. The summed E-state index contributed by atoms with van der Waals surface area (Å²) in [5.41, 5.74) is 6.91. The topological polar surface area (TPSA) is 46.3 Å². The van der Waals surface area contributed by atoms with Gasteiger partial charge in [0.1, 0.15) is 0 Å². The largest absolute Gasteiger partial charge is 0.351 e. The molecule has 0 aliphatic rings. The maximum Gasteiger partial charge on any atom is 0.323 e. The number of urea groups is 1. The van der Waals surface area contributed by atoms with E-state index in [1.54, 1.807) is 0 Å². The van der Waals surface area contributed by atoms with E-state index in [2.05, 4.69) is 15.9 Å². The Labute approximate surface area is 108 Å². The molecule has 0 bridgehead atoms. The van der Waals surface area contributed by atoms with Crippen molar-refractivity contribution in [1.82, 2.24) is 0 Å². The second-order valence-electron chi connectivity index (χ2n) is 3.46. The fourth-order valence-corrected chi connectivity index (χ4v) is 2.06. The van der Waals surface area contributed by atoms with Crippen LogP contribution in [0.3, 0.4) is 0 Å². The van der Waals surface area contributed by atoms with Crippen molar-refractivity contribution in [2.75, 3.05) is 4.90 Å². The van der Waals surface area contributed by atoms with E-state index in [-0.39, 0.29) is 0 Å². The molecule has 0 aliphatic heterocycles. The average molecular weight is 291 g/mol. The molecule has 2 N–H and O–H groups in total. The standard InChI is InChI=1S/C13H11BrN2O/c14-11-8-4-5-9-12(11)16(13(15)17)10-6-2-1-3-7-10/h1-9H,(H2,15,17). The number of amides is 2. The minimum atomic E-state index is -0.511. The van der Waals surface area contributed by atoms with Crippen LogP contribution in [0, 0.1) is 0 Å². The monoisotopic (exact) mass is 290 g/mol. The van der Waals surface area contributed by atoms with E-state index in [9.17, 15) is 4.79 Å². The zero-order valence-corrected chi connectivity index (χ0v) is 10.6. The first-order chi connectivity index (χ1) is 8.20. The first kappa shape index (κ1) is 11.7. The molecule has 2 aromatic rings. The molecule has 0 radical (unpaired) electrons. The first-order valence-corrected chi connectivity index (χ1v) is 5.88. The zero-order valence-electron chi connectivity index (χ0n) is 9.01. The van der Waals surface area contributed by atoms with Crippen LogP contribution < -0.4 is 10.6 Å². The number of halogens is 1. The Morgan fingerprint density at radius 2 is 1.59 bits per heavy atom. The molecular weight excluding hydrogens is 280 g/mol. The van der Waals surface area contributed by atoms with E-state index in [0.717, 1.165) is 15.8 Å². The highest BCUT2D eigenvalue weighted by Crippen LogP contribution is 2.31. The number of benzene rings is 2. The van der Waals surface area contributed by atoms with Crippen LogP contribution >= 0.6 is 15.9 Å². The molecular formula is C13H11BrN2O. The summed E-state index contributed by atoms with van der Waals surface area (Å²) in [6.45, 7) is 0. The van der Waals surface area contributed by atoms with E-state index >= 15 is 0 Å². The van der Waals surface area contributed by atoms with Gasteiger partial charge in [0, 0.05) is 4.47 Å². The molecule has 0 saturated carbocycles. The highest BCUT2D eigenvalue weighted by molar-refractivity contribution is 9.10. The summed E-state index contributed by atoms with van der Waals surface area (Å²) in [5.74, 6) is 0. The van der Waals surface area contributed by atoms with Gasteiger partial charge in [-0.2, -0.15) is 0 Å². The number of nitrogens with zero attached hydrogens (tertiary/aromatic N) is 1. The lowest BCUT2D eigenvalue weighted by atomic mass is 10.2. The van der Waals surface area contributed by atoms with E-state index < -0.39 is 6.03 Å². The smallest absolute Gasteiger partial charge is 0.323 e. The van der Waals surface area contributed by atoms with Gasteiger partial charge in [-0.3, -0.25) is 4.90 Å². The van der Waals surface area contributed by atoms with Gasteiger partial charge >= 0.3 is 6.03 Å². The summed E-state index contributed by atoms with van der Waals surface area (Å²) >= 11 is 3.41. The Bertz CT molecular complexity index is 528. The molecule has 0 heterocycles. The van der Waals surface area contributed by atoms with E-state index in [1.165, 1.54) is 4.90 Å². The summed E-state index contributed by atoms with van der Waals surface area (Å²) in [7, 11) is 0. The maximum absolute atomic E-state index is 11.6. The number of carbonyl (C=O) groups excluding carboxylic acids is 1. The van der Waals surface area contributed by atoms with Crippen LogP contribution in [0.2, 0.25) is 0 Å². The SMILES string of the molecule is NC(=O)N(c1ccccc1)c1ccccc1Br. The van der Waals surface area contributed by atoms with Gasteiger partial charge < -0.3 is 5.73 Å². The molecule has 0 fully saturated rings. The number of hydrogen-bond donors (Lipinski definition) is 1. The molecule has 2 amide bonds. The molecule has 0 atom stereocenters. The summed E-state index contributed by atoms with van der Waals surface area (Å²) in [6.07, 6.45) is 0. The number of anilines is 2. The van der Waals surface area contributed by atoms with Gasteiger partial charge in [0.15, 0.2) is 0 Å². The maximum atomic E-state index is 11.6. The first-order valence-electron chi connectivity index (χ1n) is 5.09. The van der Waals surface area contributed by atoms with Crippen molar-refractivity contribution in [2.24, 2.45) is 5.73 Å². The molecule has 2 rings (SSSR count). The molecule has 3 nitrogen and oxygen atoms in total. The van der Waals surface area contributed by atoms with E-state index in [4.69, 9.17) is 5.73 Å². The van der Waals surface area contributed by atoms with Gasteiger partial charge in [0.05, 0.1) is 11.4 Å². The van der Waals surface area contributed by atoms with E-state index in [0.29, 0.717) is 0 Å². The molecule has 0 aliphatic carbocycles. The van der Waals surface area contributed by atoms with Crippen LogP contribution in [0.25, 0.3) is 0 Å². The van der Waals surface area contributed by atoms with Gasteiger partial charge in [-0.15, -0.1) is 0 Å². The normalized spacial score (nSPS) is 9.94. The van der Waals surface area contributed by atoms with Crippen LogP contribution in [0.15, 0.2) is 59.1 Å². The second-order valence-corrected chi connectivity index (χ2v) is 4.31. The summed E-state index contributed by atoms with van der Waals surface area (Å²) in [6, 6.07) is 16.2. The van der Waals surface area contributed by atoms with Crippen LogP contribution in [-0.2, 0) is 0 Å². The van der Waals surface area contributed by atoms with Crippen LogP contribution in [0.1, 0.15) is 0 Å². The van der Waals surface area contributed by atoms with Crippen molar-refractivity contribution in [3.05, 3.63) is 59.1 Å². The lowest BCUT2D eigenvalue weighted by Gasteiger charge is -2.21. The fourth-order valence-electron chi connectivity index (χ4n) is 1.60. The number of nitrogens with two attached hydrogens (primary N) is 1. The highest BCUT2D eigenvalue weighted by Gasteiger charge is 2.16. The predicted molar refractivity (Wildman–Crippen MR) is 72.3 cm³/mol. The lowest BCUT2D eigenvalue weighted by molar-refractivity contribution is 0.256. The van der Waals surface area contributed by atoms with Gasteiger partial charge in [-0.05, 0) is 40.2 Å². The van der Waals surface area contributed by atoms with Crippen molar-refractivity contribution in [1.29, 1.82) is 0 Å². The Morgan fingerprint density at radius 3 is 2.18 bits per heavy atom. The Kier molecular flexibility index (Phi) is 3.44. The Morgan fingerprint density at radius 1 is 1.00 bits per heavy atom. The minimum absolute atomic E-state index is 0.511. The fraction of sp³-hybridized carbons (Fsp3) is 0. The summed E-state index contributed by atoms with van der Waals surface area (Å²) < 4.78 is 0.822. The quantitative estimate of drug-likeness (QED) is 0.901. The van der Waals surface area contributed by atoms with Gasteiger partial charge in [-0.25, -0.2) is 4.79 Å². The number of para-hydroxylation sites is 2. The number of rotatable bonds is 2. The molecule has 86 valence electrons.